The van der Waals surface area contributed by atoms with Crippen molar-refractivity contribution < 1.29 is 59.4 Å². The normalized spacial score (nSPS) is 53.2. The van der Waals surface area contributed by atoms with Gasteiger partial charge in [-0.1, -0.05) is 13.8 Å². The van der Waals surface area contributed by atoms with Crippen LogP contribution in [-0.4, -0.2) is 128 Å². The quantitative estimate of drug-likeness (QED) is 0.207. The lowest BCUT2D eigenvalue weighted by molar-refractivity contribution is -0.335. The van der Waals surface area contributed by atoms with Crippen LogP contribution in [-0.2, 0) is 23.7 Å². The van der Waals surface area contributed by atoms with Gasteiger partial charge in [-0.3, -0.25) is 0 Å². The molecule has 4 unspecified atom stereocenters. The van der Waals surface area contributed by atoms with Crippen LogP contribution in [0.1, 0.15) is 53.4 Å². The maximum Gasteiger partial charge on any atom is 0.186 e. The highest BCUT2D eigenvalue weighted by Crippen LogP contribution is 2.57. The van der Waals surface area contributed by atoms with Crippen molar-refractivity contribution in [2.24, 2.45) is 5.41 Å². The molecule has 1 aliphatic carbocycles. The second-order valence-corrected chi connectivity index (χ2v) is 11.9. The topological polar surface area (TPSA) is 188 Å². The van der Waals surface area contributed by atoms with Crippen molar-refractivity contribution in [3.05, 3.63) is 0 Å². The Balaban J connectivity index is 1.41. The van der Waals surface area contributed by atoms with E-state index in [0.717, 1.165) is 6.42 Å². The average molecular weight is 523 g/mol. The predicted octanol–water partition coefficient (Wildman–Crippen LogP) is -1.85. The summed E-state index contributed by atoms with van der Waals surface area (Å²) in [6, 6.07) is 0. The van der Waals surface area contributed by atoms with Crippen LogP contribution in [0.15, 0.2) is 0 Å². The summed E-state index contributed by atoms with van der Waals surface area (Å²) >= 11 is 0. The Morgan fingerprint density at radius 1 is 0.944 bits per heavy atom. The zero-order valence-electron chi connectivity index (χ0n) is 21.3. The minimum absolute atomic E-state index is 0.0323. The number of ether oxygens (including phenoxy) is 5. The van der Waals surface area contributed by atoms with Crippen LogP contribution in [0.25, 0.3) is 0 Å². The molecule has 3 heterocycles. The highest BCUT2D eigenvalue weighted by atomic mass is 16.7. The summed E-state index contributed by atoms with van der Waals surface area (Å²) < 4.78 is 28.8. The van der Waals surface area contributed by atoms with Crippen molar-refractivity contribution in [2.45, 2.75) is 125 Å². The van der Waals surface area contributed by atoms with Gasteiger partial charge in [-0.25, -0.2) is 0 Å². The SMILES string of the molecule is CC1CCC2(O1)C(C)(C)CC(O[C@@H]1O[C@H](CO[C@@H]3OC[C@](O)(CO)[C@H]3O)[C@@H](O)[C@H](O)[C@H]1O)CC2(C)O. The minimum Gasteiger partial charge on any atom is -0.393 e. The van der Waals surface area contributed by atoms with E-state index >= 15 is 0 Å². The third-order valence-electron chi connectivity index (χ3n) is 8.63. The molecule has 1 saturated carbocycles. The summed E-state index contributed by atoms with van der Waals surface area (Å²) in [5.74, 6) is 0. The molecule has 0 aromatic heterocycles. The van der Waals surface area contributed by atoms with Crippen molar-refractivity contribution in [2.75, 3.05) is 19.8 Å². The fourth-order valence-electron chi connectivity index (χ4n) is 6.48. The Bertz CT molecular complexity index is 758. The van der Waals surface area contributed by atoms with E-state index in [4.69, 9.17) is 23.7 Å². The van der Waals surface area contributed by atoms with E-state index in [0.29, 0.717) is 12.8 Å². The first kappa shape index (κ1) is 28.5. The average Bonchev–Trinajstić information content (AvgIpc) is 3.34. The molecule has 1 spiro atoms. The van der Waals surface area contributed by atoms with Gasteiger partial charge in [0.2, 0.25) is 0 Å². The van der Waals surface area contributed by atoms with Crippen LogP contribution in [0.5, 0.6) is 0 Å². The maximum absolute atomic E-state index is 11.5. The third-order valence-corrected chi connectivity index (χ3v) is 8.63. The van der Waals surface area contributed by atoms with Crippen LogP contribution < -0.4 is 0 Å². The van der Waals surface area contributed by atoms with E-state index in [1.165, 1.54) is 0 Å². The molecule has 36 heavy (non-hydrogen) atoms. The molecule has 12 nitrogen and oxygen atoms in total. The van der Waals surface area contributed by atoms with Crippen molar-refractivity contribution >= 4 is 0 Å². The molecule has 7 N–H and O–H groups in total. The highest BCUT2D eigenvalue weighted by Gasteiger charge is 2.64. The largest absolute Gasteiger partial charge is 0.393 e. The van der Waals surface area contributed by atoms with Gasteiger partial charge >= 0.3 is 0 Å². The molecule has 210 valence electrons. The first-order valence-corrected chi connectivity index (χ1v) is 12.7. The van der Waals surface area contributed by atoms with Gasteiger partial charge in [0, 0.05) is 6.42 Å². The van der Waals surface area contributed by atoms with Gasteiger partial charge in [-0.05, 0) is 38.5 Å². The Labute approximate surface area is 210 Å². The summed E-state index contributed by atoms with van der Waals surface area (Å²) in [6.45, 7) is 6.31. The molecule has 3 saturated heterocycles. The smallest absolute Gasteiger partial charge is 0.186 e. The lowest BCUT2D eigenvalue weighted by Crippen LogP contribution is -2.67. The van der Waals surface area contributed by atoms with Gasteiger partial charge < -0.3 is 59.4 Å². The summed E-state index contributed by atoms with van der Waals surface area (Å²) in [5, 5.41) is 72.5. The van der Waals surface area contributed by atoms with E-state index < -0.39 is 78.0 Å². The molecule has 4 aliphatic rings. The Morgan fingerprint density at radius 2 is 1.64 bits per heavy atom. The van der Waals surface area contributed by atoms with Crippen molar-refractivity contribution in [3.8, 4) is 0 Å². The molecule has 12 heteroatoms. The summed E-state index contributed by atoms with van der Waals surface area (Å²) in [6.07, 6.45) is -8.23. The Kier molecular flexibility index (Phi) is 7.86. The maximum atomic E-state index is 11.5. The molecule has 3 aliphatic heterocycles. The van der Waals surface area contributed by atoms with Gasteiger partial charge in [-0.15, -0.1) is 0 Å². The number of rotatable bonds is 6. The van der Waals surface area contributed by atoms with Crippen molar-refractivity contribution in [1.82, 2.24) is 0 Å². The fraction of sp³-hybridized carbons (Fsp3) is 1.00. The second-order valence-electron chi connectivity index (χ2n) is 11.9. The molecule has 0 radical (unpaired) electrons. The molecule has 0 aromatic carbocycles. The molecule has 0 amide bonds. The van der Waals surface area contributed by atoms with E-state index in [2.05, 4.69) is 0 Å². The van der Waals surface area contributed by atoms with Crippen molar-refractivity contribution in [3.63, 3.8) is 0 Å². The standard InChI is InChI=1S/C24H42O12/c1-12-5-6-24(36-12)21(2,3)7-13(8-22(24,4)30)34-19-17(28)16(27)15(26)14(35-19)9-32-20-18(29)23(31,10-25)11-33-20/h12-20,25-31H,5-11H2,1-4H3/t12?,13?,14-,15-,16+,17-,18+,19-,20-,22?,23-,24?/m1/s1. The Hall–Kier alpha value is -0.480. The summed E-state index contributed by atoms with van der Waals surface area (Å²) in [4.78, 5) is 0. The number of aliphatic hydroxyl groups excluding tert-OH is 5. The first-order chi connectivity index (χ1) is 16.7. The zero-order valence-corrected chi connectivity index (χ0v) is 21.3. The van der Waals surface area contributed by atoms with Crippen LogP contribution in [0.4, 0.5) is 0 Å². The number of hydrogen-bond donors (Lipinski definition) is 7. The van der Waals surface area contributed by atoms with Gasteiger partial charge in [0.05, 0.1) is 37.6 Å². The summed E-state index contributed by atoms with van der Waals surface area (Å²) in [7, 11) is 0. The fourth-order valence-corrected chi connectivity index (χ4v) is 6.48. The van der Waals surface area contributed by atoms with Gasteiger partial charge in [-0.2, -0.15) is 0 Å². The van der Waals surface area contributed by atoms with Crippen molar-refractivity contribution in [1.29, 1.82) is 0 Å². The van der Waals surface area contributed by atoms with E-state index in [9.17, 15) is 35.7 Å². The summed E-state index contributed by atoms with van der Waals surface area (Å²) in [5.41, 5.74) is -4.30. The molecule has 4 fully saturated rings. The highest BCUT2D eigenvalue weighted by molar-refractivity contribution is 5.14. The molecular weight excluding hydrogens is 480 g/mol. The van der Waals surface area contributed by atoms with E-state index in [-0.39, 0.29) is 25.7 Å². The molecule has 12 atom stereocenters. The molecule has 4 rings (SSSR count). The van der Waals surface area contributed by atoms with Gasteiger partial charge in [0.15, 0.2) is 12.6 Å². The van der Waals surface area contributed by atoms with Gasteiger partial charge in [0.1, 0.15) is 41.7 Å². The van der Waals surface area contributed by atoms with Crippen LogP contribution in [0.3, 0.4) is 0 Å². The zero-order chi connectivity index (χ0) is 26.7. The Morgan fingerprint density at radius 3 is 2.19 bits per heavy atom. The molecule has 0 bridgehead atoms. The van der Waals surface area contributed by atoms with E-state index in [1.807, 2.05) is 20.8 Å². The van der Waals surface area contributed by atoms with Crippen LogP contribution >= 0.6 is 0 Å². The minimum atomic E-state index is -1.87. The molecular formula is C24H42O12. The lowest BCUT2D eigenvalue weighted by Gasteiger charge is -2.58. The number of aliphatic hydroxyl groups is 7. The molecule has 0 aromatic rings. The van der Waals surface area contributed by atoms with Crippen LogP contribution in [0, 0.1) is 5.41 Å². The first-order valence-electron chi connectivity index (χ1n) is 12.7. The lowest BCUT2D eigenvalue weighted by atomic mass is 9.56. The number of hydrogen-bond acceptors (Lipinski definition) is 12. The third kappa shape index (κ3) is 4.74. The van der Waals surface area contributed by atoms with E-state index in [1.54, 1.807) is 6.92 Å². The predicted molar refractivity (Wildman–Crippen MR) is 121 cm³/mol. The van der Waals surface area contributed by atoms with Crippen LogP contribution in [0.2, 0.25) is 0 Å². The van der Waals surface area contributed by atoms with Gasteiger partial charge in [0.25, 0.3) is 0 Å². The second kappa shape index (κ2) is 9.92. The monoisotopic (exact) mass is 522 g/mol.